The van der Waals surface area contributed by atoms with Crippen LogP contribution in [0.15, 0.2) is 18.2 Å². The van der Waals surface area contributed by atoms with E-state index in [9.17, 15) is 0 Å². The van der Waals surface area contributed by atoms with E-state index >= 15 is 0 Å². The molecule has 0 spiro atoms. The summed E-state index contributed by atoms with van der Waals surface area (Å²) in [5.41, 5.74) is 10.4. The normalized spacial score (nSPS) is 16.9. The zero-order valence-electron chi connectivity index (χ0n) is 12.7. The molecule has 1 unspecified atom stereocenters. The maximum atomic E-state index is 6.41. The zero-order valence-corrected chi connectivity index (χ0v) is 12.7. The molecule has 1 atom stereocenters. The van der Waals surface area contributed by atoms with Crippen molar-refractivity contribution in [2.75, 3.05) is 13.1 Å². The minimum absolute atomic E-state index is 0.150. The van der Waals surface area contributed by atoms with Crippen LogP contribution in [0.4, 0.5) is 0 Å². The van der Waals surface area contributed by atoms with Crippen LogP contribution in [0, 0.1) is 13.8 Å². The second kappa shape index (κ2) is 6.53. The molecule has 1 fully saturated rings. The van der Waals surface area contributed by atoms with Crippen molar-refractivity contribution in [3.63, 3.8) is 0 Å². The van der Waals surface area contributed by atoms with Gasteiger partial charge < -0.3 is 5.73 Å². The number of benzene rings is 1. The summed E-state index contributed by atoms with van der Waals surface area (Å²) in [5.74, 6) is 0. The number of nitrogens with zero attached hydrogens (tertiary/aromatic N) is 1. The molecular weight excluding hydrogens is 232 g/mol. The van der Waals surface area contributed by atoms with Crippen molar-refractivity contribution in [2.24, 2.45) is 5.73 Å². The molecule has 0 saturated heterocycles. The van der Waals surface area contributed by atoms with Crippen molar-refractivity contribution in [1.82, 2.24) is 4.90 Å². The molecule has 0 radical (unpaired) electrons. The number of rotatable bonds is 7. The summed E-state index contributed by atoms with van der Waals surface area (Å²) in [6.45, 7) is 8.80. The molecule has 106 valence electrons. The van der Waals surface area contributed by atoms with E-state index in [4.69, 9.17) is 5.73 Å². The van der Waals surface area contributed by atoms with E-state index in [2.05, 4.69) is 43.9 Å². The second-order valence-electron chi connectivity index (χ2n) is 6.03. The van der Waals surface area contributed by atoms with Crippen LogP contribution in [-0.4, -0.2) is 24.0 Å². The molecule has 2 heteroatoms. The zero-order chi connectivity index (χ0) is 13.8. The van der Waals surface area contributed by atoms with Gasteiger partial charge in [0, 0.05) is 18.6 Å². The Balaban J connectivity index is 1.97. The molecule has 19 heavy (non-hydrogen) atoms. The van der Waals surface area contributed by atoms with E-state index in [1.165, 1.54) is 48.9 Å². The highest BCUT2D eigenvalue weighted by Gasteiger charge is 2.29. The fourth-order valence-corrected chi connectivity index (χ4v) is 2.58. The van der Waals surface area contributed by atoms with Crippen molar-refractivity contribution in [1.29, 1.82) is 0 Å². The number of unbranched alkanes of at least 4 members (excludes halogenated alkanes) is 1. The third-order valence-electron chi connectivity index (χ3n) is 4.25. The summed E-state index contributed by atoms with van der Waals surface area (Å²) in [5, 5.41) is 0. The summed E-state index contributed by atoms with van der Waals surface area (Å²) >= 11 is 0. The maximum Gasteiger partial charge on any atom is 0.0424 e. The van der Waals surface area contributed by atoms with E-state index in [1.54, 1.807) is 0 Å². The monoisotopic (exact) mass is 260 g/mol. The fraction of sp³-hybridized carbons (Fsp3) is 0.647. The van der Waals surface area contributed by atoms with Gasteiger partial charge in [0.1, 0.15) is 0 Å². The fourth-order valence-electron chi connectivity index (χ4n) is 2.58. The molecule has 0 bridgehead atoms. The molecule has 1 aromatic rings. The van der Waals surface area contributed by atoms with Gasteiger partial charge in [-0.05, 0) is 56.3 Å². The van der Waals surface area contributed by atoms with Crippen LogP contribution in [-0.2, 0) is 0 Å². The second-order valence-corrected chi connectivity index (χ2v) is 6.03. The highest BCUT2D eigenvalue weighted by molar-refractivity contribution is 5.31. The van der Waals surface area contributed by atoms with Gasteiger partial charge in [-0.15, -0.1) is 0 Å². The number of hydrogen-bond acceptors (Lipinski definition) is 2. The highest BCUT2D eigenvalue weighted by Crippen LogP contribution is 2.29. The molecule has 0 amide bonds. The third-order valence-corrected chi connectivity index (χ3v) is 4.25. The minimum Gasteiger partial charge on any atom is -0.323 e. The molecule has 1 aromatic carbocycles. The lowest BCUT2D eigenvalue weighted by Gasteiger charge is -2.26. The molecule has 1 aliphatic carbocycles. The van der Waals surface area contributed by atoms with Crippen LogP contribution in [0.3, 0.4) is 0 Å². The molecule has 2 nitrogen and oxygen atoms in total. The van der Waals surface area contributed by atoms with E-state index in [1.807, 2.05) is 0 Å². The molecule has 2 rings (SSSR count). The first-order valence-corrected chi connectivity index (χ1v) is 7.68. The van der Waals surface area contributed by atoms with Gasteiger partial charge in [0.25, 0.3) is 0 Å². The standard InChI is InChI=1S/C17H28N2/c1-4-5-10-19(16-8-9-16)12-17(18)15-7-6-13(2)14(3)11-15/h6-7,11,16-17H,4-5,8-10,12,18H2,1-3H3. The molecule has 0 aromatic heterocycles. The van der Waals surface area contributed by atoms with Crippen molar-refractivity contribution in [3.8, 4) is 0 Å². The van der Waals surface area contributed by atoms with Gasteiger partial charge in [0.2, 0.25) is 0 Å². The molecule has 1 aliphatic rings. The van der Waals surface area contributed by atoms with Gasteiger partial charge in [-0.3, -0.25) is 4.90 Å². The molecule has 1 saturated carbocycles. The van der Waals surface area contributed by atoms with Crippen molar-refractivity contribution in [3.05, 3.63) is 34.9 Å². The van der Waals surface area contributed by atoms with Crippen LogP contribution >= 0.6 is 0 Å². The lowest BCUT2D eigenvalue weighted by atomic mass is 10.0. The number of hydrogen-bond donors (Lipinski definition) is 1. The summed E-state index contributed by atoms with van der Waals surface area (Å²) in [7, 11) is 0. The predicted molar refractivity (Wildman–Crippen MR) is 82.3 cm³/mol. The molecule has 2 N–H and O–H groups in total. The van der Waals surface area contributed by atoms with Crippen LogP contribution in [0.25, 0.3) is 0 Å². The molecule has 0 aliphatic heterocycles. The van der Waals surface area contributed by atoms with Gasteiger partial charge >= 0.3 is 0 Å². The van der Waals surface area contributed by atoms with Gasteiger partial charge in [-0.2, -0.15) is 0 Å². The average Bonchev–Trinajstić information content (AvgIpc) is 3.21. The summed E-state index contributed by atoms with van der Waals surface area (Å²) in [4.78, 5) is 2.60. The van der Waals surface area contributed by atoms with Crippen LogP contribution < -0.4 is 5.73 Å². The number of nitrogens with two attached hydrogens (primary N) is 1. The van der Waals surface area contributed by atoms with Gasteiger partial charge in [0.05, 0.1) is 0 Å². The van der Waals surface area contributed by atoms with Crippen LogP contribution in [0.1, 0.15) is 55.3 Å². The van der Waals surface area contributed by atoms with Crippen molar-refractivity contribution >= 4 is 0 Å². The first-order valence-electron chi connectivity index (χ1n) is 7.68. The first-order chi connectivity index (χ1) is 9.11. The van der Waals surface area contributed by atoms with E-state index < -0.39 is 0 Å². The average molecular weight is 260 g/mol. The summed E-state index contributed by atoms with van der Waals surface area (Å²) in [6.07, 6.45) is 5.28. The van der Waals surface area contributed by atoms with Crippen molar-refractivity contribution in [2.45, 2.75) is 58.5 Å². The Hall–Kier alpha value is -0.860. The first kappa shape index (κ1) is 14.5. The summed E-state index contributed by atoms with van der Waals surface area (Å²) in [6, 6.07) is 7.60. The Morgan fingerprint density at radius 2 is 2.00 bits per heavy atom. The van der Waals surface area contributed by atoms with Crippen LogP contribution in [0.5, 0.6) is 0 Å². The Morgan fingerprint density at radius 1 is 1.26 bits per heavy atom. The smallest absolute Gasteiger partial charge is 0.0424 e. The van der Waals surface area contributed by atoms with Crippen LogP contribution in [0.2, 0.25) is 0 Å². The predicted octanol–water partition coefficient (Wildman–Crippen LogP) is 3.57. The van der Waals surface area contributed by atoms with E-state index in [0.717, 1.165) is 12.6 Å². The minimum atomic E-state index is 0.150. The number of aryl methyl sites for hydroxylation is 2. The summed E-state index contributed by atoms with van der Waals surface area (Å²) < 4.78 is 0. The molecular formula is C17H28N2. The lowest BCUT2D eigenvalue weighted by Crippen LogP contribution is -2.34. The topological polar surface area (TPSA) is 29.3 Å². The Bertz CT molecular complexity index is 410. The van der Waals surface area contributed by atoms with Gasteiger partial charge in [-0.1, -0.05) is 31.5 Å². The van der Waals surface area contributed by atoms with E-state index in [0.29, 0.717) is 0 Å². The highest BCUT2D eigenvalue weighted by atomic mass is 15.2. The third kappa shape index (κ3) is 4.05. The quantitative estimate of drug-likeness (QED) is 0.812. The van der Waals surface area contributed by atoms with Gasteiger partial charge in [-0.25, -0.2) is 0 Å². The molecule has 0 heterocycles. The Morgan fingerprint density at radius 3 is 2.58 bits per heavy atom. The largest absolute Gasteiger partial charge is 0.323 e. The lowest BCUT2D eigenvalue weighted by molar-refractivity contribution is 0.243. The van der Waals surface area contributed by atoms with E-state index in [-0.39, 0.29) is 6.04 Å². The van der Waals surface area contributed by atoms with Crippen molar-refractivity contribution < 1.29 is 0 Å². The Labute approximate surface area is 118 Å². The maximum absolute atomic E-state index is 6.41. The Kier molecular flexibility index (Phi) is 5.00. The SMILES string of the molecule is CCCCN(CC(N)c1ccc(C)c(C)c1)C1CC1. The van der Waals surface area contributed by atoms with Gasteiger partial charge in [0.15, 0.2) is 0 Å².